The first-order valence-corrected chi connectivity index (χ1v) is 8.22. The number of rotatable bonds is 3. The molecule has 0 bridgehead atoms. The van der Waals surface area contributed by atoms with Crippen molar-refractivity contribution in [2.75, 3.05) is 25.0 Å². The summed E-state index contributed by atoms with van der Waals surface area (Å²) < 4.78 is 0. The molecule has 8 nitrogen and oxygen atoms in total. The number of urea groups is 1. The van der Waals surface area contributed by atoms with Crippen molar-refractivity contribution in [3.8, 4) is 0 Å². The molecule has 0 aliphatic carbocycles. The summed E-state index contributed by atoms with van der Waals surface area (Å²) in [6.07, 6.45) is 1.16. The number of carbonyl (C=O) groups is 4. The van der Waals surface area contributed by atoms with Crippen molar-refractivity contribution < 1.29 is 19.2 Å². The van der Waals surface area contributed by atoms with Gasteiger partial charge in [-0.3, -0.25) is 19.3 Å². The number of nitrogens with zero attached hydrogens (tertiary/aromatic N) is 2. The monoisotopic (exact) mass is 344 g/mol. The predicted molar refractivity (Wildman–Crippen MR) is 89.9 cm³/mol. The van der Waals surface area contributed by atoms with Crippen molar-refractivity contribution >= 4 is 29.4 Å². The van der Waals surface area contributed by atoms with Gasteiger partial charge in [-0.1, -0.05) is 0 Å². The van der Waals surface area contributed by atoms with E-state index in [1.165, 1.54) is 11.8 Å². The van der Waals surface area contributed by atoms with Crippen molar-refractivity contribution in [1.82, 2.24) is 15.1 Å². The number of hydrogen-bond acceptors (Lipinski definition) is 4. The molecule has 2 heterocycles. The lowest BCUT2D eigenvalue weighted by molar-refractivity contribution is -0.127. The van der Waals surface area contributed by atoms with E-state index in [2.05, 4.69) is 10.6 Å². The van der Waals surface area contributed by atoms with Crippen LogP contribution in [0.2, 0.25) is 0 Å². The Morgan fingerprint density at radius 3 is 2.28 bits per heavy atom. The number of amides is 5. The summed E-state index contributed by atoms with van der Waals surface area (Å²) in [5.74, 6) is -0.463. The Labute approximate surface area is 145 Å². The molecule has 0 spiro atoms. The van der Waals surface area contributed by atoms with E-state index in [9.17, 15) is 19.2 Å². The summed E-state index contributed by atoms with van der Waals surface area (Å²) in [7, 11) is 0. The normalized spacial score (nSPS) is 18.3. The molecule has 25 heavy (non-hydrogen) atoms. The molecule has 0 atom stereocenters. The van der Waals surface area contributed by atoms with Crippen molar-refractivity contribution in [2.24, 2.45) is 0 Å². The van der Waals surface area contributed by atoms with Crippen LogP contribution in [0, 0.1) is 0 Å². The lowest BCUT2D eigenvalue weighted by Gasteiger charge is -2.35. The maximum atomic E-state index is 12.6. The van der Waals surface area contributed by atoms with Crippen LogP contribution in [0.3, 0.4) is 0 Å². The highest BCUT2D eigenvalue weighted by atomic mass is 16.2. The highest BCUT2D eigenvalue weighted by molar-refractivity contribution is 6.02. The lowest BCUT2D eigenvalue weighted by atomic mass is 10.0. The van der Waals surface area contributed by atoms with Crippen LogP contribution in [0.4, 0.5) is 10.5 Å². The molecule has 0 aromatic heterocycles. The van der Waals surface area contributed by atoms with Gasteiger partial charge in [-0.05, 0) is 37.1 Å². The number of anilines is 1. The molecule has 0 radical (unpaired) electrons. The van der Waals surface area contributed by atoms with Crippen molar-refractivity contribution in [1.29, 1.82) is 0 Å². The lowest BCUT2D eigenvalue weighted by Crippen LogP contribution is -2.49. The molecular formula is C17H20N4O4. The average molecular weight is 344 g/mol. The van der Waals surface area contributed by atoms with Crippen LogP contribution in [-0.4, -0.2) is 59.2 Å². The molecule has 2 saturated heterocycles. The fraction of sp³-hybridized carbons (Fsp3) is 0.412. The van der Waals surface area contributed by atoms with E-state index >= 15 is 0 Å². The van der Waals surface area contributed by atoms with E-state index < -0.39 is 0 Å². The first-order valence-electron chi connectivity index (χ1n) is 8.22. The van der Waals surface area contributed by atoms with Gasteiger partial charge in [-0.15, -0.1) is 0 Å². The Kier molecular flexibility index (Phi) is 4.69. The predicted octanol–water partition coefficient (Wildman–Crippen LogP) is 0.801. The maximum Gasteiger partial charge on any atom is 0.324 e. The molecule has 0 unspecified atom stereocenters. The van der Waals surface area contributed by atoms with Crippen LogP contribution in [0.5, 0.6) is 0 Å². The SMILES string of the molecule is CC(=O)Nc1ccc(C(=O)N2CCC(N3C(=O)CNC3=O)CC2)cc1. The highest BCUT2D eigenvalue weighted by Gasteiger charge is 2.37. The molecule has 3 rings (SSSR count). The molecule has 2 N–H and O–H groups in total. The average Bonchev–Trinajstić information content (AvgIpc) is 2.93. The summed E-state index contributed by atoms with van der Waals surface area (Å²) in [5.41, 5.74) is 1.18. The molecule has 1 aromatic carbocycles. The van der Waals surface area contributed by atoms with Crippen molar-refractivity contribution in [2.45, 2.75) is 25.8 Å². The van der Waals surface area contributed by atoms with Crippen LogP contribution >= 0.6 is 0 Å². The topological polar surface area (TPSA) is 98.8 Å². The molecule has 0 saturated carbocycles. The molecule has 8 heteroatoms. The number of carbonyl (C=O) groups excluding carboxylic acids is 4. The van der Waals surface area contributed by atoms with Crippen molar-refractivity contribution in [3.05, 3.63) is 29.8 Å². The Balaban J connectivity index is 1.59. The standard InChI is InChI=1S/C17H20N4O4/c1-11(22)19-13-4-2-12(3-5-13)16(24)20-8-6-14(7-9-20)21-15(23)10-18-17(21)25/h2-5,14H,6-10H2,1H3,(H,18,25)(H,19,22). The van der Waals surface area contributed by atoms with Gasteiger partial charge in [0.15, 0.2) is 0 Å². The van der Waals surface area contributed by atoms with Gasteiger partial charge in [0, 0.05) is 37.3 Å². The Morgan fingerprint density at radius 1 is 1.12 bits per heavy atom. The Hall–Kier alpha value is -2.90. The summed E-state index contributed by atoms with van der Waals surface area (Å²) in [4.78, 5) is 50.1. The maximum absolute atomic E-state index is 12.6. The number of benzene rings is 1. The van der Waals surface area contributed by atoms with E-state index in [1.54, 1.807) is 29.2 Å². The van der Waals surface area contributed by atoms with Gasteiger partial charge in [-0.25, -0.2) is 4.79 Å². The van der Waals surface area contributed by atoms with Crippen LogP contribution in [-0.2, 0) is 9.59 Å². The third-order valence-corrected chi connectivity index (χ3v) is 4.45. The van der Waals surface area contributed by atoms with Gasteiger partial charge in [0.1, 0.15) is 0 Å². The van der Waals surface area contributed by atoms with Crippen LogP contribution in [0.15, 0.2) is 24.3 Å². The fourth-order valence-corrected chi connectivity index (χ4v) is 3.21. The van der Waals surface area contributed by atoms with Gasteiger partial charge in [0.05, 0.1) is 6.54 Å². The summed E-state index contributed by atoms with van der Waals surface area (Å²) in [5, 5.41) is 5.18. The number of imide groups is 1. The largest absolute Gasteiger partial charge is 0.338 e. The Bertz CT molecular complexity index is 692. The second-order valence-electron chi connectivity index (χ2n) is 6.20. The number of piperidine rings is 1. The van der Waals surface area contributed by atoms with E-state index in [-0.39, 0.29) is 36.3 Å². The van der Waals surface area contributed by atoms with Gasteiger partial charge < -0.3 is 15.5 Å². The van der Waals surface area contributed by atoms with Gasteiger partial charge >= 0.3 is 6.03 Å². The van der Waals surface area contributed by atoms with Gasteiger partial charge in [0.2, 0.25) is 11.8 Å². The minimum atomic E-state index is -0.344. The van der Waals surface area contributed by atoms with Crippen molar-refractivity contribution in [3.63, 3.8) is 0 Å². The second-order valence-corrected chi connectivity index (χ2v) is 6.20. The zero-order valence-electron chi connectivity index (χ0n) is 13.9. The fourth-order valence-electron chi connectivity index (χ4n) is 3.21. The highest BCUT2D eigenvalue weighted by Crippen LogP contribution is 2.21. The molecule has 2 fully saturated rings. The van der Waals surface area contributed by atoms with E-state index in [4.69, 9.17) is 0 Å². The third-order valence-electron chi connectivity index (χ3n) is 4.45. The second kappa shape index (κ2) is 6.92. The van der Waals surface area contributed by atoms with E-state index in [1.807, 2.05) is 0 Å². The molecule has 2 aliphatic heterocycles. The van der Waals surface area contributed by atoms with Crippen LogP contribution in [0.25, 0.3) is 0 Å². The molecule has 5 amide bonds. The summed E-state index contributed by atoms with van der Waals surface area (Å²) in [6, 6.07) is 6.24. The van der Waals surface area contributed by atoms with E-state index in [0.717, 1.165) is 0 Å². The number of nitrogens with one attached hydrogen (secondary N) is 2. The first-order chi connectivity index (χ1) is 12.0. The third kappa shape index (κ3) is 3.62. The van der Waals surface area contributed by atoms with Crippen LogP contribution < -0.4 is 10.6 Å². The summed E-state index contributed by atoms with van der Waals surface area (Å²) in [6.45, 7) is 2.47. The Morgan fingerprint density at radius 2 is 1.76 bits per heavy atom. The smallest absolute Gasteiger partial charge is 0.324 e. The number of likely N-dealkylation sites (tertiary alicyclic amines) is 1. The van der Waals surface area contributed by atoms with Gasteiger partial charge in [0.25, 0.3) is 5.91 Å². The van der Waals surface area contributed by atoms with E-state index in [0.29, 0.717) is 37.2 Å². The molecule has 2 aliphatic rings. The zero-order valence-corrected chi connectivity index (χ0v) is 13.9. The zero-order chi connectivity index (χ0) is 18.0. The quantitative estimate of drug-likeness (QED) is 0.793. The summed E-state index contributed by atoms with van der Waals surface area (Å²) >= 11 is 0. The van der Waals surface area contributed by atoms with Gasteiger partial charge in [-0.2, -0.15) is 0 Å². The molecule has 1 aromatic rings. The number of hydrogen-bond donors (Lipinski definition) is 2. The molecule has 132 valence electrons. The minimum Gasteiger partial charge on any atom is -0.338 e. The minimum absolute atomic E-state index is 0.0542. The first kappa shape index (κ1) is 16.9. The molecular weight excluding hydrogens is 324 g/mol. The van der Waals surface area contributed by atoms with Crippen LogP contribution in [0.1, 0.15) is 30.1 Å².